The van der Waals surface area contributed by atoms with Gasteiger partial charge in [0, 0.05) is 29.3 Å². The van der Waals surface area contributed by atoms with Crippen LogP contribution in [0.1, 0.15) is 27.5 Å². The number of nitrogen functional groups attached to an aromatic ring is 1. The van der Waals surface area contributed by atoms with E-state index in [4.69, 9.17) is 5.73 Å². The number of aryl methyl sites for hydroxylation is 1. The third-order valence-electron chi connectivity index (χ3n) is 3.99. The summed E-state index contributed by atoms with van der Waals surface area (Å²) in [6.07, 6.45) is 0. The number of benzene rings is 2. The van der Waals surface area contributed by atoms with Crippen LogP contribution in [-0.2, 0) is 0 Å². The largest absolute Gasteiger partial charge is 0.399 e. The lowest BCUT2D eigenvalue weighted by Gasteiger charge is -2.36. The minimum Gasteiger partial charge on any atom is -0.399 e. The summed E-state index contributed by atoms with van der Waals surface area (Å²) >= 11 is 1.90. The molecule has 22 heavy (non-hydrogen) atoms. The Kier molecular flexibility index (Phi) is 4.39. The highest BCUT2D eigenvalue weighted by Gasteiger charge is 2.29. The molecule has 114 valence electrons. The maximum atomic E-state index is 12.9. The van der Waals surface area contributed by atoms with E-state index in [-0.39, 0.29) is 11.9 Å². The molecule has 0 bridgehead atoms. The zero-order chi connectivity index (χ0) is 15.5. The Labute approximate surface area is 135 Å². The monoisotopic (exact) mass is 312 g/mol. The van der Waals surface area contributed by atoms with Crippen LogP contribution in [0.5, 0.6) is 0 Å². The van der Waals surface area contributed by atoms with Crippen LogP contribution in [0.25, 0.3) is 0 Å². The van der Waals surface area contributed by atoms with E-state index < -0.39 is 0 Å². The second-order valence-electron chi connectivity index (χ2n) is 5.63. The van der Waals surface area contributed by atoms with Crippen LogP contribution in [0.3, 0.4) is 0 Å². The normalized spacial score (nSPS) is 18.2. The molecular weight excluding hydrogens is 292 g/mol. The molecule has 1 fully saturated rings. The van der Waals surface area contributed by atoms with Crippen molar-refractivity contribution < 1.29 is 4.79 Å². The third-order valence-corrected chi connectivity index (χ3v) is 5.01. The number of nitrogens with two attached hydrogens (primary N) is 1. The molecule has 1 unspecified atom stereocenters. The first-order valence-electron chi connectivity index (χ1n) is 7.46. The van der Waals surface area contributed by atoms with Gasteiger partial charge in [0.1, 0.15) is 0 Å². The van der Waals surface area contributed by atoms with Crippen molar-refractivity contribution in [1.82, 2.24) is 4.90 Å². The van der Waals surface area contributed by atoms with Gasteiger partial charge in [0.05, 0.1) is 6.04 Å². The molecule has 4 heteroatoms. The van der Waals surface area contributed by atoms with Gasteiger partial charge >= 0.3 is 0 Å². The molecule has 0 radical (unpaired) electrons. The van der Waals surface area contributed by atoms with E-state index in [1.54, 1.807) is 12.1 Å². The molecule has 0 aliphatic carbocycles. The van der Waals surface area contributed by atoms with Crippen molar-refractivity contribution in [2.24, 2.45) is 0 Å². The zero-order valence-corrected chi connectivity index (χ0v) is 13.5. The smallest absolute Gasteiger partial charge is 0.254 e. The average Bonchev–Trinajstić information content (AvgIpc) is 2.55. The van der Waals surface area contributed by atoms with Crippen LogP contribution in [0, 0.1) is 6.92 Å². The third kappa shape index (κ3) is 3.12. The Bertz CT molecular complexity index is 669. The fourth-order valence-corrected chi connectivity index (χ4v) is 3.84. The number of nitrogens with zero attached hydrogens (tertiary/aromatic N) is 1. The van der Waals surface area contributed by atoms with Crippen LogP contribution in [0.4, 0.5) is 5.69 Å². The quantitative estimate of drug-likeness (QED) is 0.863. The molecule has 2 aromatic carbocycles. The van der Waals surface area contributed by atoms with Crippen LogP contribution in [0.2, 0.25) is 0 Å². The fourth-order valence-electron chi connectivity index (χ4n) is 2.75. The Morgan fingerprint density at radius 1 is 1.23 bits per heavy atom. The van der Waals surface area contributed by atoms with Crippen molar-refractivity contribution in [3.63, 3.8) is 0 Å². The maximum Gasteiger partial charge on any atom is 0.254 e. The standard InChI is InChI=1S/C18H20N2OS/c1-13-5-7-14(8-6-13)17-12-22-10-9-20(17)18(21)15-3-2-4-16(19)11-15/h2-8,11,17H,9-10,12,19H2,1H3. The molecule has 0 saturated carbocycles. The molecule has 3 nitrogen and oxygen atoms in total. The number of hydrogen-bond acceptors (Lipinski definition) is 3. The van der Waals surface area contributed by atoms with Crippen molar-refractivity contribution in [1.29, 1.82) is 0 Å². The lowest BCUT2D eigenvalue weighted by Crippen LogP contribution is -2.40. The first-order chi connectivity index (χ1) is 10.6. The van der Waals surface area contributed by atoms with Gasteiger partial charge in [0.25, 0.3) is 5.91 Å². The molecule has 3 rings (SSSR count). The summed E-state index contributed by atoms with van der Waals surface area (Å²) in [6, 6.07) is 15.9. The highest BCUT2D eigenvalue weighted by atomic mass is 32.2. The van der Waals surface area contributed by atoms with E-state index in [2.05, 4.69) is 31.2 Å². The lowest BCUT2D eigenvalue weighted by molar-refractivity contribution is 0.0701. The van der Waals surface area contributed by atoms with Gasteiger partial charge < -0.3 is 10.6 Å². The van der Waals surface area contributed by atoms with Crippen molar-refractivity contribution in [2.75, 3.05) is 23.8 Å². The van der Waals surface area contributed by atoms with Crippen LogP contribution in [-0.4, -0.2) is 28.9 Å². The molecule has 1 saturated heterocycles. The molecule has 2 N–H and O–H groups in total. The highest BCUT2D eigenvalue weighted by molar-refractivity contribution is 7.99. The molecule has 0 spiro atoms. The van der Waals surface area contributed by atoms with E-state index in [1.807, 2.05) is 28.8 Å². The van der Waals surface area contributed by atoms with E-state index in [0.29, 0.717) is 11.3 Å². The summed E-state index contributed by atoms with van der Waals surface area (Å²) in [7, 11) is 0. The van der Waals surface area contributed by atoms with Crippen molar-refractivity contribution >= 4 is 23.4 Å². The Morgan fingerprint density at radius 3 is 2.73 bits per heavy atom. The van der Waals surface area contributed by atoms with Gasteiger partial charge in [-0.2, -0.15) is 11.8 Å². The predicted octanol–water partition coefficient (Wildman–Crippen LogP) is 3.51. The average molecular weight is 312 g/mol. The molecule has 1 atom stereocenters. The van der Waals surface area contributed by atoms with Gasteiger partial charge in [-0.15, -0.1) is 0 Å². The van der Waals surface area contributed by atoms with E-state index in [1.165, 1.54) is 11.1 Å². The van der Waals surface area contributed by atoms with Crippen LogP contribution in [0.15, 0.2) is 48.5 Å². The summed E-state index contributed by atoms with van der Waals surface area (Å²) < 4.78 is 0. The summed E-state index contributed by atoms with van der Waals surface area (Å²) in [5.74, 6) is 1.99. The Morgan fingerprint density at radius 2 is 2.00 bits per heavy atom. The summed E-state index contributed by atoms with van der Waals surface area (Å²) in [5.41, 5.74) is 9.55. The second kappa shape index (κ2) is 6.44. The molecule has 1 amide bonds. The summed E-state index contributed by atoms with van der Waals surface area (Å²) in [4.78, 5) is 14.8. The maximum absolute atomic E-state index is 12.9. The van der Waals surface area contributed by atoms with E-state index in [0.717, 1.165) is 18.1 Å². The number of carbonyl (C=O) groups is 1. The number of thioether (sulfide) groups is 1. The number of carbonyl (C=O) groups excluding carboxylic acids is 1. The number of anilines is 1. The predicted molar refractivity (Wildman–Crippen MR) is 93.1 cm³/mol. The van der Waals surface area contributed by atoms with Gasteiger partial charge in [0.15, 0.2) is 0 Å². The number of rotatable bonds is 2. The van der Waals surface area contributed by atoms with Crippen LogP contribution >= 0.6 is 11.8 Å². The topological polar surface area (TPSA) is 46.3 Å². The van der Waals surface area contributed by atoms with Gasteiger partial charge in [-0.05, 0) is 30.7 Å². The lowest BCUT2D eigenvalue weighted by atomic mass is 10.0. The van der Waals surface area contributed by atoms with Crippen molar-refractivity contribution in [3.05, 3.63) is 65.2 Å². The SMILES string of the molecule is Cc1ccc(C2CSCCN2C(=O)c2cccc(N)c2)cc1. The first kappa shape index (κ1) is 15.0. The highest BCUT2D eigenvalue weighted by Crippen LogP contribution is 2.31. The van der Waals surface area contributed by atoms with E-state index >= 15 is 0 Å². The Hall–Kier alpha value is -1.94. The minimum atomic E-state index is 0.0678. The molecule has 2 aromatic rings. The molecule has 0 aromatic heterocycles. The first-order valence-corrected chi connectivity index (χ1v) is 8.61. The molecular formula is C18H20N2OS. The number of hydrogen-bond donors (Lipinski definition) is 1. The zero-order valence-electron chi connectivity index (χ0n) is 12.7. The summed E-state index contributed by atoms with van der Waals surface area (Å²) in [6.45, 7) is 2.85. The van der Waals surface area contributed by atoms with Gasteiger partial charge in [-0.25, -0.2) is 0 Å². The fraction of sp³-hybridized carbons (Fsp3) is 0.278. The van der Waals surface area contributed by atoms with E-state index in [9.17, 15) is 4.79 Å². The van der Waals surface area contributed by atoms with Gasteiger partial charge in [-0.3, -0.25) is 4.79 Å². The molecule has 1 heterocycles. The second-order valence-corrected chi connectivity index (χ2v) is 6.78. The van der Waals surface area contributed by atoms with Crippen LogP contribution < -0.4 is 5.73 Å². The minimum absolute atomic E-state index is 0.0678. The number of amides is 1. The van der Waals surface area contributed by atoms with Gasteiger partial charge in [-0.1, -0.05) is 35.9 Å². The summed E-state index contributed by atoms with van der Waals surface area (Å²) in [5, 5.41) is 0. The van der Waals surface area contributed by atoms with Crippen molar-refractivity contribution in [2.45, 2.75) is 13.0 Å². The van der Waals surface area contributed by atoms with Crippen molar-refractivity contribution in [3.8, 4) is 0 Å². The molecule has 1 aliphatic heterocycles. The van der Waals surface area contributed by atoms with Gasteiger partial charge in [0.2, 0.25) is 0 Å². The Balaban J connectivity index is 1.89. The molecule has 1 aliphatic rings.